The highest BCUT2D eigenvalue weighted by Gasteiger charge is 2.09. The molecule has 0 radical (unpaired) electrons. The van der Waals surface area contributed by atoms with Gasteiger partial charge in [0, 0.05) is 6.04 Å². The van der Waals surface area contributed by atoms with Gasteiger partial charge >= 0.3 is 0 Å². The molecule has 0 spiro atoms. The van der Waals surface area contributed by atoms with Crippen LogP contribution in [-0.2, 0) is 0 Å². The maximum absolute atomic E-state index is 2.82. The van der Waals surface area contributed by atoms with Crippen LogP contribution in [0.2, 0.25) is 0 Å². The first-order valence-electron chi connectivity index (χ1n) is 2.86. The summed E-state index contributed by atoms with van der Waals surface area (Å²) in [5.74, 6) is 0. The van der Waals surface area contributed by atoms with Crippen molar-refractivity contribution in [2.45, 2.75) is 19.9 Å². The van der Waals surface area contributed by atoms with Crippen LogP contribution in [0.4, 0.5) is 0 Å². The number of hydrogen-bond acceptors (Lipinski definition) is 6. The minimum absolute atomic E-state index is 0.382. The Hall–Kier alpha value is -0.240. The molecule has 0 aromatic carbocycles. The fourth-order valence-corrected chi connectivity index (χ4v) is 0.494. The Balaban J connectivity index is 2.23. The molecular weight excluding hydrogens is 120 g/mol. The molecule has 0 amide bonds. The molecule has 1 saturated heterocycles. The second kappa shape index (κ2) is 3.06. The van der Waals surface area contributed by atoms with Gasteiger partial charge in [0.2, 0.25) is 0 Å². The lowest BCUT2D eigenvalue weighted by Gasteiger charge is -2.32. The van der Waals surface area contributed by atoms with Gasteiger partial charge in [0.25, 0.3) is 0 Å². The first-order valence-corrected chi connectivity index (χ1v) is 2.86. The summed E-state index contributed by atoms with van der Waals surface area (Å²) in [6.45, 7) is 4.10. The van der Waals surface area contributed by atoms with Crippen LogP contribution in [0.25, 0.3) is 0 Å². The summed E-state index contributed by atoms with van der Waals surface area (Å²) in [5.41, 5.74) is 13.6. The molecule has 5 N–H and O–H groups in total. The molecule has 54 valence electrons. The Labute approximate surface area is 53.8 Å². The van der Waals surface area contributed by atoms with Crippen LogP contribution in [-0.4, -0.2) is 11.2 Å². The summed E-state index contributed by atoms with van der Waals surface area (Å²) in [5, 5.41) is 1.77. The molecule has 6 nitrogen and oxygen atoms in total. The Morgan fingerprint density at radius 1 is 1.00 bits per heavy atom. The smallest absolute Gasteiger partial charge is 0.0371 e. The largest absolute Gasteiger partial charge is 0.164 e. The summed E-state index contributed by atoms with van der Waals surface area (Å²) in [6, 6.07) is 0.382. The lowest BCUT2D eigenvalue weighted by molar-refractivity contribution is -0.0405. The summed E-state index contributed by atoms with van der Waals surface area (Å²) in [4.78, 5) is 0. The molecule has 9 heavy (non-hydrogen) atoms. The SMILES string of the molecule is CC(C)N1NNNNN1. The van der Waals surface area contributed by atoms with Gasteiger partial charge in [-0.15, -0.1) is 5.12 Å². The standard InChI is InChI=1S/C3H12N6/c1-3(2)9-7-5-4-6-8-9/h3-8H,1-2H3. The Kier molecular flexibility index (Phi) is 2.34. The predicted octanol–water partition coefficient (Wildman–Crippen LogP) is -1.85. The monoisotopic (exact) mass is 132 g/mol. The highest BCUT2D eigenvalue weighted by molar-refractivity contribution is 4.48. The molecule has 1 aliphatic heterocycles. The van der Waals surface area contributed by atoms with Gasteiger partial charge in [-0.25, -0.2) is 0 Å². The van der Waals surface area contributed by atoms with Crippen molar-refractivity contribution >= 4 is 0 Å². The van der Waals surface area contributed by atoms with Gasteiger partial charge in [0.1, 0.15) is 0 Å². The van der Waals surface area contributed by atoms with Gasteiger partial charge in [-0.1, -0.05) is 0 Å². The zero-order valence-electron chi connectivity index (χ0n) is 5.52. The minimum atomic E-state index is 0.382. The third kappa shape index (κ3) is 1.86. The summed E-state index contributed by atoms with van der Waals surface area (Å²) in [6.07, 6.45) is 0. The van der Waals surface area contributed by atoms with E-state index in [-0.39, 0.29) is 0 Å². The maximum Gasteiger partial charge on any atom is 0.0371 e. The van der Waals surface area contributed by atoms with Crippen molar-refractivity contribution in [2.24, 2.45) is 0 Å². The summed E-state index contributed by atoms with van der Waals surface area (Å²) >= 11 is 0. The van der Waals surface area contributed by atoms with Crippen molar-refractivity contribution in [3.63, 3.8) is 0 Å². The molecule has 6 heteroatoms. The number of hydrogen-bond donors (Lipinski definition) is 5. The van der Waals surface area contributed by atoms with Crippen molar-refractivity contribution in [1.82, 2.24) is 32.8 Å². The second-order valence-corrected chi connectivity index (χ2v) is 2.06. The maximum atomic E-state index is 2.82. The predicted molar refractivity (Wildman–Crippen MR) is 32.7 cm³/mol. The highest BCUT2D eigenvalue weighted by atomic mass is 16.1. The fourth-order valence-electron chi connectivity index (χ4n) is 0.494. The number of nitrogens with zero attached hydrogens (tertiary/aromatic N) is 1. The highest BCUT2D eigenvalue weighted by Crippen LogP contribution is 1.85. The quantitative estimate of drug-likeness (QED) is 0.289. The van der Waals surface area contributed by atoms with E-state index in [4.69, 9.17) is 0 Å². The summed E-state index contributed by atoms with van der Waals surface area (Å²) in [7, 11) is 0. The molecule has 1 fully saturated rings. The molecule has 1 heterocycles. The van der Waals surface area contributed by atoms with Gasteiger partial charge in [-0.05, 0) is 13.8 Å². The van der Waals surface area contributed by atoms with E-state index < -0.39 is 0 Å². The zero-order chi connectivity index (χ0) is 6.69. The van der Waals surface area contributed by atoms with E-state index in [1.54, 1.807) is 5.12 Å². The average molecular weight is 132 g/mol. The van der Waals surface area contributed by atoms with Crippen molar-refractivity contribution in [2.75, 3.05) is 0 Å². The van der Waals surface area contributed by atoms with E-state index in [0.29, 0.717) is 6.04 Å². The molecule has 0 atom stereocenters. The average Bonchev–Trinajstić information content (AvgIpc) is 1.90. The Morgan fingerprint density at radius 2 is 1.56 bits per heavy atom. The lowest BCUT2D eigenvalue weighted by atomic mass is 10.4. The number of nitrogens with one attached hydrogen (secondary N) is 5. The van der Waals surface area contributed by atoms with Crippen LogP contribution in [0.1, 0.15) is 13.8 Å². The van der Waals surface area contributed by atoms with Crippen LogP contribution < -0.4 is 27.7 Å². The molecular formula is C3H12N6. The van der Waals surface area contributed by atoms with E-state index in [9.17, 15) is 0 Å². The van der Waals surface area contributed by atoms with Crippen molar-refractivity contribution in [3.8, 4) is 0 Å². The third-order valence-electron chi connectivity index (χ3n) is 0.994. The van der Waals surface area contributed by atoms with Gasteiger partial charge in [-0.2, -0.15) is 27.7 Å². The molecule has 0 bridgehead atoms. The van der Waals surface area contributed by atoms with Gasteiger partial charge in [0.05, 0.1) is 0 Å². The van der Waals surface area contributed by atoms with Crippen molar-refractivity contribution < 1.29 is 0 Å². The van der Waals surface area contributed by atoms with Crippen LogP contribution in [0.3, 0.4) is 0 Å². The summed E-state index contributed by atoms with van der Waals surface area (Å²) < 4.78 is 0. The molecule has 0 aliphatic carbocycles. The molecule has 0 saturated carbocycles. The van der Waals surface area contributed by atoms with E-state index >= 15 is 0 Å². The van der Waals surface area contributed by atoms with E-state index in [0.717, 1.165) is 0 Å². The topological polar surface area (TPSA) is 63.4 Å². The first-order chi connectivity index (χ1) is 4.30. The first kappa shape index (κ1) is 6.87. The van der Waals surface area contributed by atoms with E-state index in [1.165, 1.54) is 0 Å². The number of rotatable bonds is 1. The van der Waals surface area contributed by atoms with E-state index in [2.05, 4.69) is 41.5 Å². The number of hydrazine groups is 6. The van der Waals surface area contributed by atoms with Crippen LogP contribution in [0, 0.1) is 0 Å². The van der Waals surface area contributed by atoms with Gasteiger partial charge in [0.15, 0.2) is 0 Å². The fraction of sp³-hybridized carbons (Fsp3) is 1.00. The van der Waals surface area contributed by atoms with Crippen molar-refractivity contribution in [1.29, 1.82) is 0 Å². The Bertz CT molecular complexity index is 76.4. The molecule has 0 aromatic rings. The molecule has 1 aliphatic rings. The lowest BCUT2D eigenvalue weighted by Crippen LogP contribution is -2.74. The van der Waals surface area contributed by atoms with Gasteiger partial charge in [-0.3, -0.25) is 0 Å². The molecule has 0 unspecified atom stereocenters. The zero-order valence-corrected chi connectivity index (χ0v) is 5.52. The molecule has 1 rings (SSSR count). The molecule has 0 aromatic heterocycles. The second-order valence-electron chi connectivity index (χ2n) is 2.06. The normalized spacial score (nSPS) is 23.0. The van der Waals surface area contributed by atoms with Gasteiger partial charge < -0.3 is 0 Å². The minimum Gasteiger partial charge on any atom is -0.164 e. The van der Waals surface area contributed by atoms with Crippen LogP contribution >= 0.6 is 0 Å². The van der Waals surface area contributed by atoms with E-state index in [1.807, 2.05) is 0 Å². The van der Waals surface area contributed by atoms with Crippen LogP contribution in [0.15, 0.2) is 0 Å². The Morgan fingerprint density at radius 3 is 1.89 bits per heavy atom. The van der Waals surface area contributed by atoms with Crippen LogP contribution in [0.5, 0.6) is 0 Å². The third-order valence-corrected chi connectivity index (χ3v) is 0.994. The van der Waals surface area contributed by atoms with Crippen molar-refractivity contribution in [3.05, 3.63) is 0 Å².